The van der Waals surface area contributed by atoms with Crippen molar-refractivity contribution in [3.63, 3.8) is 0 Å². The Labute approximate surface area is 61.2 Å². The summed E-state index contributed by atoms with van der Waals surface area (Å²) in [5, 5.41) is 0. The molecule has 0 spiro atoms. The van der Waals surface area contributed by atoms with Crippen molar-refractivity contribution in [1.29, 1.82) is 0 Å². The lowest BCUT2D eigenvalue weighted by Crippen LogP contribution is -2.19. The van der Waals surface area contributed by atoms with E-state index in [9.17, 15) is 0 Å². The lowest BCUT2D eigenvalue weighted by Gasteiger charge is -2.06. The average Bonchev–Trinajstić information content (AvgIpc) is 1.85. The second-order valence-electron chi connectivity index (χ2n) is 2.25. The van der Waals surface area contributed by atoms with E-state index >= 15 is 0 Å². The van der Waals surface area contributed by atoms with Crippen LogP contribution in [-0.2, 0) is 4.74 Å². The fraction of sp³-hybridized carbons (Fsp3) is 0.667. The van der Waals surface area contributed by atoms with E-state index in [0.717, 1.165) is 0 Å². The zero-order valence-corrected chi connectivity index (χ0v) is 6.42. The van der Waals surface area contributed by atoms with E-state index < -0.39 is 0 Å². The SMILES string of the molecule is CC(C)OC/C(N)=C/NN. The van der Waals surface area contributed by atoms with Gasteiger partial charge < -0.3 is 15.9 Å². The molecule has 0 aliphatic heterocycles. The van der Waals surface area contributed by atoms with Gasteiger partial charge in [0.15, 0.2) is 0 Å². The van der Waals surface area contributed by atoms with Crippen LogP contribution in [0.4, 0.5) is 0 Å². The maximum absolute atomic E-state index is 5.43. The molecule has 0 saturated heterocycles. The molecule has 0 unspecified atom stereocenters. The molecule has 0 aromatic heterocycles. The molecule has 5 N–H and O–H groups in total. The number of rotatable bonds is 4. The summed E-state index contributed by atoms with van der Waals surface area (Å²) in [4.78, 5) is 0. The van der Waals surface area contributed by atoms with Crippen LogP contribution >= 0.6 is 0 Å². The molecule has 4 heteroatoms. The molecule has 0 saturated carbocycles. The molecule has 0 fully saturated rings. The number of hydrogen-bond donors (Lipinski definition) is 3. The van der Waals surface area contributed by atoms with Gasteiger partial charge in [-0.05, 0) is 13.8 Å². The molecule has 0 aromatic carbocycles. The molecule has 4 nitrogen and oxygen atoms in total. The second-order valence-corrected chi connectivity index (χ2v) is 2.25. The molecule has 0 rings (SSSR count). The van der Waals surface area contributed by atoms with Gasteiger partial charge in [0.2, 0.25) is 0 Å². The van der Waals surface area contributed by atoms with Crippen molar-refractivity contribution < 1.29 is 4.74 Å². The van der Waals surface area contributed by atoms with Gasteiger partial charge in [0.1, 0.15) is 0 Å². The molecule has 0 amide bonds. The van der Waals surface area contributed by atoms with Crippen LogP contribution in [0.3, 0.4) is 0 Å². The minimum Gasteiger partial charge on any atom is -0.399 e. The Morgan fingerprint density at radius 2 is 2.30 bits per heavy atom. The Balaban J connectivity index is 3.39. The molecule has 60 valence electrons. The predicted molar refractivity (Wildman–Crippen MR) is 40.7 cm³/mol. The molecule has 0 aliphatic carbocycles. The topological polar surface area (TPSA) is 73.3 Å². The predicted octanol–water partition coefficient (Wildman–Crippen LogP) is -0.325. The highest BCUT2D eigenvalue weighted by molar-refractivity contribution is 4.93. The van der Waals surface area contributed by atoms with E-state index in [-0.39, 0.29) is 6.10 Å². The largest absolute Gasteiger partial charge is 0.399 e. The molecule has 0 aliphatic rings. The Bertz CT molecular complexity index is 112. The molecule has 0 heterocycles. The van der Waals surface area contributed by atoms with Crippen LogP contribution in [0.2, 0.25) is 0 Å². The third kappa shape index (κ3) is 5.40. The van der Waals surface area contributed by atoms with Gasteiger partial charge in [0, 0.05) is 6.20 Å². The Morgan fingerprint density at radius 3 is 2.70 bits per heavy atom. The number of nitrogens with one attached hydrogen (secondary N) is 1. The monoisotopic (exact) mass is 145 g/mol. The maximum Gasteiger partial charge on any atom is 0.0879 e. The average molecular weight is 145 g/mol. The summed E-state index contributed by atoms with van der Waals surface area (Å²) in [5.74, 6) is 4.97. The Hall–Kier alpha value is -0.740. The Morgan fingerprint density at radius 1 is 1.70 bits per heavy atom. The molecular formula is C6H15N3O. The number of hydrogen-bond acceptors (Lipinski definition) is 4. The first kappa shape index (κ1) is 9.26. The molecule has 0 atom stereocenters. The van der Waals surface area contributed by atoms with Crippen molar-refractivity contribution in [2.24, 2.45) is 11.6 Å². The normalized spacial score (nSPS) is 12.2. The van der Waals surface area contributed by atoms with Gasteiger partial charge in [0.05, 0.1) is 18.4 Å². The first-order valence-corrected chi connectivity index (χ1v) is 3.19. The second kappa shape index (κ2) is 5.08. The van der Waals surface area contributed by atoms with Crippen LogP contribution in [0.1, 0.15) is 13.8 Å². The van der Waals surface area contributed by atoms with Crippen LogP contribution in [0.15, 0.2) is 11.9 Å². The van der Waals surface area contributed by atoms with Crippen LogP contribution in [0.5, 0.6) is 0 Å². The fourth-order valence-corrected chi connectivity index (χ4v) is 0.412. The number of ether oxygens (including phenoxy) is 1. The highest BCUT2D eigenvalue weighted by Crippen LogP contribution is 1.90. The van der Waals surface area contributed by atoms with E-state index in [1.54, 1.807) is 0 Å². The standard InChI is InChI=1S/C6H15N3O/c1-5(2)10-4-6(7)3-9-8/h3,5,9H,4,7-8H2,1-2H3/b6-3-. The maximum atomic E-state index is 5.43. The van der Waals surface area contributed by atoms with Gasteiger partial charge >= 0.3 is 0 Å². The van der Waals surface area contributed by atoms with Gasteiger partial charge in [-0.2, -0.15) is 0 Å². The fourth-order valence-electron chi connectivity index (χ4n) is 0.412. The van der Waals surface area contributed by atoms with Crippen LogP contribution < -0.4 is 17.0 Å². The first-order chi connectivity index (χ1) is 4.66. The van der Waals surface area contributed by atoms with E-state index in [4.69, 9.17) is 16.3 Å². The Kier molecular flexibility index (Phi) is 4.70. The summed E-state index contributed by atoms with van der Waals surface area (Å²) < 4.78 is 5.17. The van der Waals surface area contributed by atoms with Crippen molar-refractivity contribution >= 4 is 0 Å². The summed E-state index contributed by atoms with van der Waals surface area (Å²) in [5.41, 5.74) is 8.34. The molecule has 0 radical (unpaired) electrons. The first-order valence-electron chi connectivity index (χ1n) is 3.19. The number of hydrazine groups is 1. The van der Waals surface area contributed by atoms with E-state index in [0.29, 0.717) is 12.3 Å². The third-order valence-corrected chi connectivity index (χ3v) is 0.852. The molecular weight excluding hydrogens is 130 g/mol. The highest BCUT2D eigenvalue weighted by atomic mass is 16.5. The lowest BCUT2D eigenvalue weighted by molar-refractivity contribution is 0.0964. The minimum atomic E-state index is 0.199. The zero-order valence-electron chi connectivity index (χ0n) is 6.42. The van der Waals surface area contributed by atoms with Crippen molar-refractivity contribution in [3.05, 3.63) is 11.9 Å². The molecule has 0 bridgehead atoms. The van der Waals surface area contributed by atoms with Crippen LogP contribution in [-0.4, -0.2) is 12.7 Å². The number of nitrogens with two attached hydrogens (primary N) is 2. The summed E-state index contributed by atoms with van der Waals surface area (Å²) in [6.45, 7) is 4.31. The van der Waals surface area contributed by atoms with Gasteiger partial charge in [-0.3, -0.25) is 5.84 Å². The van der Waals surface area contributed by atoms with Crippen molar-refractivity contribution in [2.45, 2.75) is 20.0 Å². The third-order valence-electron chi connectivity index (χ3n) is 0.852. The molecule has 10 heavy (non-hydrogen) atoms. The quantitative estimate of drug-likeness (QED) is 0.374. The highest BCUT2D eigenvalue weighted by Gasteiger charge is 1.93. The minimum absolute atomic E-state index is 0.199. The summed E-state index contributed by atoms with van der Waals surface area (Å²) in [7, 11) is 0. The van der Waals surface area contributed by atoms with E-state index in [1.807, 2.05) is 13.8 Å². The van der Waals surface area contributed by atoms with Gasteiger partial charge in [-0.25, -0.2) is 0 Å². The lowest BCUT2D eigenvalue weighted by atomic mass is 10.4. The smallest absolute Gasteiger partial charge is 0.0879 e. The van der Waals surface area contributed by atoms with Crippen LogP contribution in [0, 0.1) is 0 Å². The zero-order chi connectivity index (χ0) is 7.98. The van der Waals surface area contributed by atoms with Crippen molar-refractivity contribution in [3.8, 4) is 0 Å². The van der Waals surface area contributed by atoms with Gasteiger partial charge in [-0.15, -0.1) is 0 Å². The van der Waals surface area contributed by atoms with E-state index in [1.165, 1.54) is 6.20 Å². The summed E-state index contributed by atoms with van der Waals surface area (Å²) in [6.07, 6.45) is 1.70. The van der Waals surface area contributed by atoms with E-state index in [2.05, 4.69) is 5.43 Å². The summed E-state index contributed by atoms with van der Waals surface area (Å²) in [6, 6.07) is 0. The van der Waals surface area contributed by atoms with Gasteiger partial charge in [0.25, 0.3) is 0 Å². The van der Waals surface area contributed by atoms with Crippen LogP contribution in [0.25, 0.3) is 0 Å². The van der Waals surface area contributed by atoms with Crippen molar-refractivity contribution in [1.82, 2.24) is 5.43 Å². The molecule has 0 aromatic rings. The van der Waals surface area contributed by atoms with Gasteiger partial charge in [-0.1, -0.05) is 0 Å². The summed E-state index contributed by atoms with van der Waals surface area (Å²) >= 11 is 0. The van der Waals surface area contributed by atoms with Crippen molar-refractivity contribution in [2.75, 3.05) is 6.61 Å².